The van der Waals surface area contributed by atoms with E-state index in [2.05, 4.69) is 67.5 Å². The third-order valence-electron chi connectivity index (χ3n) is 7.14. The van der Waals surface area contributed by atoms with Crippen molar-refractivity contribution in [2.45, 2.75) is 24.8 Å². The number of aromatic nitrogens is 7. The predicted octanol–water partition coefficient (Wildman–Crippen LogP) is 7.85. The first-order chi connectivity index (χ1) is 19.5. The van der Waals surface area contributed by atoms with E-state index >= 15 is 0 Å². The highest BCUT2D eigenvalue weighted by molar-refractivity contribution is 9.10. The Bertz CT molecular complexity index is 1810. The van der Waals surface area contributed by atoms with Crippen molar-refractivity contribution in [1.29, 1.82) is 0 Å². The molecule has 11 heteroatoms. The highest BCUT2D eigenvalue weighted by Crippen LogP contribution is 2.55. The molecule has 3 heterocycles. The molecular weight excluding hydrogens is 629 g/mol. The van der Waals surface area contributed by atoms with Crippen LogP contribution in [0.5, 0.6) is 0 Å². The van der Waals surface area contributed by atoms with E-state index in [1.165, 1.54) is 11.9 Å². The summed E-state index contributed by atoms with van der Waals surface area (Å²) in [6.07, 6.45) is 5.33. The minimum Gasteiger partial charge on any atom is -0.248 e. The molecule has 0 spiro atoms. The van der Waals surface area contributed by atoms with Crippen LogP contribution in [-0.2, 0) is 12.0 Å². The minimum absolute atomic E-state index is 0.0835. The van der Waals surface area contributed by atoms with Gasteiger partial charge in [-0.25, -0.2) is 14.3 Å². The van der Waals surface area contributed by atoms with Crippen molar-refractivity contribution in [3.63, 3.8) is 0 Å². The van der Waals surface area contributed by atoms with Gasteiger partial charge in [-0.15, -0.1) is 10.2 Å². The molecule has 3 aromatic carbocycles. The van der Waals surface area contributed by atoms with Crippen LogP contribution in [0.3, 0.4) is 0 Å². The molecule has 198 valence electrons. The molecule has 3 aromatic heterocycles. The van der Waals surface area contributed by atoms with Crippen LogP contribution in [0.25, 0.3) is 27.6 Å². The summed E-state index contributed by atoms with van der Waals surface area (Å²) in [7, 11) is 0. The average molecular weight is 649 g/mol. The lowest BCUT2D eigenvalue weighted by atomic mass is 9.97. The van der Waals surface area contributed by atoms with Crippen LogP contribution in [0.1, 0.15) is 29.0 Å². The zero-order valence-electron chi connectivity index (χ0n) is 20.9. The molecule has 7 nitrogen and oxygen atoms in total. The molecule has 7 rings (SSSR count). The van der Waals surface area contributed by atoms with Crippen molar-refractivity contribution in [3.05, 3.63) is 116 Å². The maximum atomic E-state index is 6.73. The number of hydrogen-bond donors (Lipinski definition) is 0. The molecule has 1 fully saturated rings. The van der Waals surface area contributed by atoms with E-state index in [1.807, 2.05) is 35.0 Å². The van der Waals surface area contributed by atoms with Crippen LogP contribution in [0, 0.1) is 0 Å². The molecule has 1 saturated carbocycles. The first kappa shape index (κ1) is 25.6. The van der Waals surface area contributed by atoms with E-state index in [1.54, 1.807) is 28.4 Å². The monoisotopic (exact) mass is 647 g/mol. The Morgan fingerprint density at radius 1 is 0.950 bits per heavy atom. The van der Waals surface area contributed by atoms with Gasteiger partial charge in [0.1, 0.15) is 23.4 Å². The number of benzene rings is 3. The summed E-state index contributed by atoms with van der Waals surface area (Å²) < 4.78 is 4.63. The van der Waals surface area contributed by atoms with Crippen LogP contribution < -0.4 is 0 Å². The zero-order valence-corrected chi connectivity index (χ0v) is 24.8. The molecule has 0 saturated heterocycles. The van der Waals surface area contributed by atoms with Crippen LogP contribution in [0.15, 0.2) is 89.9 Å². The molecule has 0 aliphatic heterocycles. The van der Waals surface area contributed by atoms with Crippen molar-refractivity contribution in [3.8, 4) is 27.6 Å². The first-order valence-electron chi connectivity index (χ1n) is 12.6. The molecular formula is C29H20BrCl2N7S. The lowest BCUT2D eigenvalue weighted by molar-refractivity contribution is 0.686. The molecule has 0 radical (unpaired) electrons. The lowest BCUT2D eigenvalue weighted by Crippen LogP contribution is -2.07. The van der Waals surface area contributed by atoms with Gasteiger partial charge in [0.05, 0.1) is 22.9 Å². The Kier molecular flexibility index (Phi) is 6.54. The molecule has 0 bridgehead atoms. The van der Waals surface area contributed by atoms with E-state index in [4.69, 9.17) is 33.4 Å². The largest absolute Gasteiger partial charge is 0.248 e. The molecule has 0 atom stereocenters. The minimum atomic E-state index is -0.0835. The molecule has 1 aliphatic carbocycles. The van der Waals surface area contributed by atoms with E-state index in [-0.39, 0.29) is 5.41 Å². The van der Waals surface area contributed by atoms with Gasteiger partial charge in [0.2, 0.25) is 0 Å². The van der Waals surface area contributed by atoms with Crippen molar-refractivity contribution < 1.29 is 0 Å². The Morgan fingerprint density at radius 3 is 2.45 bits per heavy atom. The Labute approximate surface area is 252 Å². The lowest BCUT2D eigenvalue weighted by Gasteiger charge is -2.12. The van der Waals surface area contributed by atoms with Crippen molar-refractivity contribution in [1.82, 2.24) is 34.7 Å². The van der Waals surface area contributed by atoms with Gasteiger partial charge in [0.15, 0.2) is 5.01 Å². The second-order valence-corrected chi connectivity index (χ2v) is 12.4. The second-order valence-electron chi connectivity index (χ2n) is 9.64. The summed E-state index contributed by atoms with van der Waals surface area (Å²) in [6.45, 7) is 0.435. The summed E-state index contributed by atoms with van der Waals surface area (Å²) in [5.74, 6) is 0. The maximum absolute atomic E-state index is 6.73. The topological polar surface area (TPSA) is 74.3 Å². The van der Waals surface area contributed by atoms with Gasteiger partial charge >= 0.3 is 0 Å². The Hall–Kier alpha value is -3.37. The maximum Gasteiger partial charge on any atom is 0.168 e. The van der Waals surface area contributed by atoms with E-state index in [0.717, 1.165) is 49.8 Å². The summed E-state index contributed by atoms with van der Waals surface area (Å²) in [6, 6.07) is 24.1. The standard InChI is InChI=1S/C29H20BrCl2N7S/c30-20-8-6-18(7-9-20)26-22(15-38-17-33-16-34-38)25(37-39(26)24-11-10-21(31)14-23(24)32)27-35-36-28(40-27)29(12-13-29)19-4-2-1-3-5-19/h1-11,14,16-17H,12-13,15H2. The highest BCUT2D eigenvalue weighted by Gasteiger charge is 2.49. The molecule has 6 aromatic rings. The van der Waals surface area contributed by atoms with Gasteiger partial charge < -0.3 is 0 Å². The molecule has 0 unspecified atom stereocenters. The van der Waals surface area contributed by atoms with Gasteiger partial charge in [0.25, 0.3) is 0 Å². The average Bonchev–Trinajstić information content (AvgIpc) is 3.28. The number of nitrogens with zero attached hydrogens (tertiary/aromatic N) is 7. The van der Waals surface area contributed by atoms with Gasteiger partial charge in [-0.2, -0.15) is 10.2 Å². The van der Waals surface area contributed by atoms with Crippen LogP contribution in [0.2, 0.25) is 10.0 Å². The van der Waals surface area contributed by atoms with E-state index in [0.29, 0.717) is 22.3 Å². The van der Waals surface area contributed by atoms with E-state index < -0.39 is 0 Å². The zero-order chi connectivity index (χ0) is 27.3. The SMILES string of the molecule is Clc1ccc(-n2nc(-c3nnc(C4(c5ccccc5)CC4)s3)c(Cn3cncn3)c2-c2ccc(Br)cc2)c(Cl)c1. The molecule has 0 amide bonds. The summed E-state index contributed by atoms with van der Waals surface area (Å²) in [5, 5.41) is 21.7. The Balaban J connectivity index is 1.44. The normalized spacial score (nSPS) is 14.0. The summed E-state index contributed by atoms with van der Waals surface area (Å²) in [4.78, 5) is 4.16. The van der Waals surface area contributed by atoms with Crippen molar-refractivity contribution >= 4 is 50.5 Å². The number of hydrogen-bond acceptors (Lipinski definition) is 6. The first-order valence-corrected chi connectivity index (χ1v) is 14.9. The van der Waals surface area contributed by atoms with Gasteiger partial charge in [-0.05, 0) is 48.7 Å². The predicted molar refractivity (Wildman–Crippen MR) is 161 cm³/mol. The fourth-order valence-electron chi connectivity index (χ4n) is 5.00. The van der Waals surface area contributed by atoms with Crippen molar-refractivity contribution in [2.24, 2.45) is 0 Å². The fourth-order valence-corrected chi connectivity index (χ4v) is 6.88. The van der Waals surface area contributed by atoms with E-state index in [9.17, 15) is 0 Å². The van der Waals surface area contributed by atoms with Gasteiger partial charge in [-0.3, -0.25) is 0 Å². The van der Waals surface area contributed by atoms with Crippen molar-refractivity contribution in [2.75, 3.05) is 0 Å². The van der Waals surface area contributed by atoms with Crippen LogP contribution >= 0.6 is 50.5 Å². The molecule has 40 heavy (non-hydrogen) atoms. The van der Waals surface area contributed by atoms with Gasteiger partial charge in [-0.1, -0.05) is 92.9 Å². The number of halogens is 3. The van der Waals surface area contributed by atoms with Crippen LogP contribution in [-0.4, -0.2) is 34.7 Å². The third-order valence-corrected chi connectivity index (χ3v) is 9.34. The fraction of sp³-hybridized carbons (Fsp3) is 0.138. The third kappa shape index (κ3) is 4.56. The Morgan fingerprint density at radius 2 is 1.75 bits per heavy atom. The van der Waals surface area contributed by atoms with Crippen LogP contribution in [0.4, 0.5) is 0 Å². The quantitative estimate of drug-likeness (QED) is 0.176. The molecule has 0 N–H and O–H groups in total. The smallest absolute Gasteiger partial charge is 0.168 e. The highest BCUT2D eigenvalue weighted by atomic mass is 79.9. The summed E-state index contributed by atoms with van der Waals surface area (Å²) in [5.41, 5.74) is 5.41. The second kappa shape index (κ2) is 10.2. The summed E-state index contributed by atoms with van der Waals surface area (Å²) >= 11 is 18.1. The number of rotatable bonds is 7. The van der Waals surface area contributed by atoms with Gasteiger partial charge in [0, 0.05) is 26.0 Å². The molecule has 1 aliphatic rings.